The van der Waals surface area contributed by atoms with E-state index in [2.05, 4.69) is 42.8 Å². The largest absolute Gasteiger partial charge is 0.381 e. The first-order valence-electron chi connectivity index (χ1n) is 11.7. The Kier molecular flexibility index (Phi) is 5.90. The van der Waals surface area contributed by atoms with E-state index >= 15 is 0 Å². The molecule has 0 N–H and O–H groups in total. The Morgan fingerprint density at radius 3 is 2.70 bits per heavy atom. The average Bonchev–Trinajstić information content (AvgIpc) is 3.02. The van der Waals surface area contributed by atoms with Gasteiger partial charge in [-0.3, -0.25) is 0 Å². The van der Waals surface area contributed by atoms with Gasteiger partial charge in [0.1, 0.15) is 0 Å². The van der Waals surface area contributed by atoms with Crippen molar-refractivity contribution in [3.05, 3.63) is 11.6 Å². The lowest BCUT2D eigenvalue weighted by molar-refractivity contribution is -0.0600. The fraction of sp³-hybridized carbons (Fsp3) is 0.920. The standard InChI is InChI=1S/C25H41BrO/c1-17(6-5-15-26)21-9-10-22-20-8-7-18-16-19(27-4)11-13-24(18,2)23(20)12-14-25(21,22)3/h7,17,19-23H,5-6,8-16H2,1-4H3/t17-,19+,20+,21-,22+,23+,24+,25-/m1/s1. The van der Waals surface area contributed by atoms with Crippen LogP contribution in [0.3, 0.4) is 0 Å². The number of halogens is 1. The second kappa shape index (κ2) is 7.78. The molecule has 154 valence electrons. The van der Waals surface area contributed by atoms with Crippen molar-refractivity contribution in [1.29, 1.82) is 0 Å². The molecule has 0 aromatic heterocycles. The van der Waals surface area contributed by atoms with E-state index in [-0.39, 0.29) is 0 Å². The summed E-state index contributed by atoms with van der Waals surface area (Å²) in [6.45, 7) is 7.87. The van der Waals surface area contributed by atoms with Gasteiger partial charge in [0.05, 0.1) is 6.10 Å². The number of hydrogen-bond donors (Lipinski definition) is 0. The van der Waals surface area contributed by atoms with Crippen molar-refractivity contribution in [2.45, 2.75) is 91.1 Å². The van der Waals surface area contributed by atoms with Gasteiger partial charge in [-0.15, -0.1) is 0 Å². The molecular weight excluding hydrogens is 396 g/mol. The normalized spacial score (nSPS) is 47.6. The van der Waals surface area contributed by atoms with Crippen molar-refractivity contribution >= 4 is 15.9 Å². The van der Waals surface area contributed by atoms with E-state index in [4.69, 9.17) is 4.74 Å². The summed E-state index contributed by atoms with van der Waals surface area (Å²) in [5.74, 6) is 4.72. The summed E-state index contributed by atoms with van der Waals surface area (Å²) in [6, 6.07) is 0. The first-order valence-corrected chi connectivity index (χ1v) is 12.8. The van der Waals surface area contributed by atoms with Crippen molar-refractivity contribution < 1.29 is 4.74 Å². The fourth-order valence-electron chi connectivity index (χ4n) is 8.40. The van der Waals surface area contributed by atoms with Crippen molar-refractivity contribution in [2.24, 2.45) is 40.4 Å². The lowest BCUT2D eigenvalue weighted by Crippen LogP contribution is -2.50. The average molecular weight is 438 g/mol. The van der Waals surface area contributed by atoms with Gasteiger partial charge in [-0.05, 0) is 105 Å². The smallest absolute Gasteiger partial charge is 0.0608 e. The third kappa shape index (κ3) is 3.29. The van der Waals surface area contributed by atoms with Gasteiger partial charge >= 0.3 is 0 Å². The maximum absolute atomic E-state index is 5.73. The van der Waals surface area contributed by atoms with E-state index < -0.39 is 0 Å². The van der Waals surface area contributed by atoms with Gasteiger partial charge < -0.3 is 4.74 Å². The van der Waals surface area contributed by atoms with E-state index in [0.717, 1.165) is 29.6 Å². The van der Waals surface area contributed by atoms with Gasteiger partial charge in [0.2, 0.25) is 0 Å². The van der Waals surface area contributed by atoms with Crippen LogP contribution in [0, 0.1) is 40.4 Å². The van der Waals surface area contributed by atoms with Gasteiger partial charge in [-0.2, -0.15) is 0 Å². The number of methoxy groups -OCH3 is 1. The molecule has 0 bridgehead atoms. The number of rotatable bonds is 5. The molecule has 0 radical (unpaired) electrons. The molecule has 4 aliphatic rings. The quantitative estimate of drug-likeness (QED) is 0.322. The zero-order chi connectivity index (χ0) is 19.2. The van der Waals surface area contributed by atoms with E-state index in [9.17, 15) is 0 Å². The summed E-state index contributed by atoms with van der Waals surface area (Å²) < 4.78 is 5.73. The molecule has 0 amide bonds. The summed E-state index contributed by atoms with van der Waals surface area (Å²) >= 11 is 3.65. The molecule has 0 aromatic carbocycles. The third-order valence-electron chi connectivity index (χ3n) is 9.95. The summed E-state index contributed by atoms with van der Waals surface area (Å²) in [4.78, 5) is 0. The summed E-state index contributed by atoms with van der Waals surface area (Å²) in [7, 11) is 1.90. The summed E-state index contributed by atoms with van der Waals surface area (Å²) in [6.07, 6.45) is 17.0. The van der Waals surface area contributed by atoms with Crippen LogP contribution in [0.1, 0.15) is 85.0 Å². The third-order valence-corrected chi connectivity index (χ3v) is 10.5. The van der Waals surface area contributed by atoms with Crippen LogP contribution >= 0.6 is 15.9 Å². The fourth-order valence-corrected chi connectivity index (χ4v) is 8.73. The molecular formula is C25H41BrO. The maximum Gasteiger partial charge on any atom is 0.0608 e. The Morgan fingerprint density at radius 2 is 1.96 bits per heavy atom. The van der Waals surface area contributed by atoms with Crippen molar-refractivity contribution in [1.82, 2.24) is 0 Å². The molecule has 27 heavy (non-hydrogen) atoms. The predicted octanol–water partition coefficient (Wildman–Crippen LogP) is 7.39. The maximum atomic E-state index is 5.73. The van der Waals surface area contributed by atoms with Crippen LogP contribution in [0.15, 0.2) is 11.6 Å². The lowest BCUT2D eigenvalue weighted by Gasteiger charge is -2.58. The molecule has 0 heterocycles. The van der Waals surface area contributed by atoms with Crippen LogP contribution in [0.25, 0.3) is 0 Å². The molecule has 1 nitrogen and oxygen atoms in total. The van der Waals surface area contributed by atoms with Gasteiger partial charge in [-0.25, -0.2) is 0 Å². The molecule has 3 saturated carbocycles. The first kappa shape index (κ1) is 20.5. The predicted molar refractivity (Wildman–Crippen MR) is 118 cm³/mol. The topological polar surface area (TPSA) is 9.23 Å². The van der Waals surface area contributed by atoms with Gasteiger partial charge in [0, 0.05) is 12.4 Å². The highest BCUT2D eigenvalue weighted by Gasteiger charge is 2.59. The van der Waals surface area contributed by atoms with Crippen LogP contribution < -0.4 is 0 Å². The Morgan fingerprint density at radius 1 is 1.15 bits per heavy atom. The number of ether oxygens (including phenoxy) is 1. The minimum Gasteiger partial charge on any atom is -0.381 e. The van der Waals surface area contributed by atoms with Gasteiger partial charge in [-0.1, -0.05) is 48.4 Å². The minimum atomic E-state index is 0.471. The lowest BCUT2D eigenvalue weighted by atomic mass is 9.47. The number of allylic oxidation sites excluding steroid dienone is 1. The second-order valence-corrected chi connectivity index (χ2v) is 11.7. The molecule has 4 aliphatic carbocycles. The van der Waals surface area contributed by atoms with Gasteiger partial charge in [0.25, 0.3) is 0 Å². The van der Waals surface area contributed by atoms with Crippen LogP contribution in [0.4, 0.5) is 0 Å². The van der Waals surface area contributed by atoms with E-state index in [1.54, 1.807) is 5.57 Å². The molecule has 4 rings (SSSR count). The van der Waals surface area contributed by atoms with Crippen molar-refractivity contribution in [3.63, 3.8) is 0 Å². The van der Waals surface area contributed by atoms with Crippen LogP contribution in [-0.4, -0.2) is 18.5 Å². The number of alkyl halides is 1. The van der Waals surface area contributed by atoms with E-state index in [1.807, 2.05) is 7.11 Å². The van der Waals surface area contributed by atoms with Crippen LogP contribution in [0.2, 0.25) is 0 Å². The molecule has 0 saturated heterocycles. The van der Waals surface area contributed by atoms with Crippen LogP contribution in [-0.2, 0) is 4.74 Å². The van der Waals surface area contributed by atoms with Crippen LogP contribution in [0.5, 0.6) is 0 Å². The number of fused-ring (bicyclic) bond motifs is 5. The monoisotopic (exact) mass is 436 g/mol. The highest BCUT2D eigenvalue weighted by molar-refractivity contribution is 9.09. The molecule has 3 fully saturated rings. The minimum absolute atomic E-state index is 0.471. The van der Waals surface area contributed by atoms with Crippen molar-refractivity contribution in [2.75, 3.05) is 12.4 Å². The molecule has 0 aromatic rings. The highest BCUT2D eigenvalue weighted by atomic mass is 79.9. The number of hydrogen-bond acceptors (Lipinski definition) is 1. The van der Waals surface area contributed by atoms with E-state index in [1.165, 1.54) is 69.5 Å². The first-order chi connectivity index (χ1) is 12.9. The van der Waals surface area contributed by atoms with Crippen molar-refractivity contribution in [3.8, 4) is 0 Å². The zero-order valence-electron chi connectivity index (χ0n) is 18.1. The Hall–Kier alpha value is 0.180. The Bertz CT molecular complexity index is 571. The highest BCUT2D eigenvalue weighted by Crippen LogP contribution is 2.67. The molecule has 8 atom stereocenters. The Labute approximate surface area is 176 Å². The van der Waals surface area contributed by atoms with E-state index in [0.29, 0.717) is 16.9 Å². The molecule has 0 spiro atoms. The Balaban J connectivity index is 1.55. The molecule has 0 unspecified atom stereocenters. The second-order valence-electron chi connectivity index (χ2n) is 10.9. The summed E-state index contributed by atoms with van der Waals surface area (Å²) in [5.41, 5.74) is 2.84. The molecule has 0 aliphatic heterocycles. The SMILES string of the molecule is CO[C@H]1CC[C@@]2(C)C(=CC[C@H]3[C@@H]4CC[C@H]([C@H](C)CCCBr)[C@@]4(C)CC[C@@H]32)C1. The molecule has 2 heteroatoms. The zero-order valence-corrected chi connectivity index (χ0v) is 19.7. The summed E-state index contributed by atoms with van der Waals surface area (Å²) in [5, 5.41) is 1.17. The van der Waals surface area contributed by atoms with Gasteiger partial charge in [0.15, 0.2) is 0 Å².